The first-order valence-corrected chi connectivity index (χ1v) is 9.75. The van der Waals surface area contributed by atoms with Gasteiger partial charge in [-0.2, -0.15) is 4.98 Å². The number of ether oxygens (including phenoxy) is 4. The average Bonchev–Trinajstić information content (AvgIpc) is 3.08. The molecule has 4 rings (SSSR count). The van der Waals surface area contributed by atoms with Crippen LogP contribution in [0, 0.1) is 6.92 Å². The van der Waals surface area contributed by atoms with Crippen LogP contribution in [-0.2, 0) is 16.1 Å². The lowest BCUT2D eigenvalue weighted by atomic mass is 10.2. The second-order valence-electron chi connectivity index (χ2n) is 6.52. The second-order valence-corrected chi connectivity index (χ2v) is 6.92. The number of nitrogens with zero attached hydrogens (tertiary/aromatic N) is 2. The predicted octanol–water partition coefficient (Wildman–Crippen LogP) is 3.07. The minimum Gasteiger partial charge on any atom is -0.486 e. The van der Waals surface area contributed by atoms with Gasteiger partial charge in [-0.05, 0) is 26.0 Å². The molecule has 3 heterocycles. The van der Waals surface area contributed by atoms with E-state index in [0.717, 1.165) is 0 Å². The van der Waals surface area contributed by atoms with Crippen molar-refractivity contribution in [2.75, 3.05) is 25.6 Å². The SMILES string of the molecule is CCOC(=O)c1c(C)oc2nc(COC(=O)c3cc(Cl)c4c(c3)OCCO4)nc(N)c12. The van der Waals surface area contributed by atoms with Crippen molar-refractivity contribution in [3.8, 4) is 11.5 Å². The summed E-state index contributed by atoms with van der Waals surface area (Å²) < 4.78 is 26.7. The van der Waals surface area contributed by atoms with Crippen LogP contribution < -0.4 is 15.2 Å². The molecule has 0 aliphatic carbocycles. The van der Waals surface area contributed by atoms with Crippen LogP contribution >= 0.6 is 11.6 Å². The van der Waals surface area contributed by atoms with Gasteiger partial charge in [0, 0.05) is 0 Å². The van der Waals surface area contributed by atoms with Crippen molar-refractivity contribution in [1.29, 1.82) is 0 Å². The number of rotatable bonds is 5. The molecule has 31 heavy (non-hydrogen) atoms. The molecule has 0 saturated carbocycles. The number of hydrogen-bond acceptors (Lipinski definition) is 10. The van der Waals surface area contributed by atoms with Gasteiger partial charge in [0.15, 0.2) is 23.9 Å². The van der Waals surface area contributed by atoms with Crippen LogP contribution in [0.4, 0.5) is 5.82 Å². The Kier molecular flexibility index (Phi) is 5.55. The van der Waals surface area contributed by atoms with E-state index in [-0.39, 0.29) is 52.1 Å². The molecule has 0 unspecified atom stereocenters. The van der Waals surface area contributed by atoms with E-state index in [1.54, 1.807) is 13.8 Å². The van der Waals surface area contributed by atoms with Gasteiger partial charge in [-0.25, -0.2) is 14.6 Å². The maximum atomic E-state index is 12.5. The molecule has 2 N–H and O–H groups in total. The maximum absolute atomic E-state index is 12.5. The molecule has 0 spiro atoms. The van der Waals surface area contributed by atoms with Crippen molar-refractivity contribution in [1.82, 2.24) is 9.97 Å². The highest BCUT2D eigenvalue weighted by Crippen LogP contribution is 2.38. The van der Waals surface area contributed by atoms with Crippen LogP contribution in [0.3, 0.4) is 0 Å². The Balaban J connectivity index is 1.55. The lowest BCUT2D eigenvalue weighted by Gasteiger charge is -2.19. The number of nitrogen functional groups attached to an aromatic ring is 1. The van der Waals surface area contributed by atoms with E-state index in [4.69, 9.17) is 40.7 Å². The number of furan rings is 1. The first-order chi connectivity index (χ1) is 14.9. The normalized spacial score (nSPS) is 12.6. The Hall–Kier alpha value is -3.53. The number of esters is 2. The summed E-state index contributed by atoms with van der Waals surface area (Å²) in [6.07, 6.45) is 0. The molecule has 3 aromatic rings. The molecule has 0 atom stereocenters. The number of carbonyl (C=O) groups excluding carboxylic acids is 2. The zero-order chi connectivity index (χ0) is 22.1. The predicted molar refractivity (Wildman–Crippen MR) is 108 cm³/mol. The van der Waals surface area contributed by atoms with E-state index in [1.807, 2.05) is 0 Å². The fraction of sp³-hybridized carbons (Fsp3) is 0.300. The van der Waals surface area contributed by atoms with Gasteiger partial charge >= 0.3 is 11.9 Å². The third kappa shape index (κ3) is 3.93. The first kappa shape index (κ1) is 20.7. The molecule has 0 radical (unpaired) electrons. The number of fused-ring (bicyclic) bond motifs is 2. The molecule has 10 nitrogen and oxygen atoms in total. The molecular formula is C20H18ClN3O7. The van der Waals surface area contributed by atoms with Gasteiger partial charge in [0.1, 0.15) is 30.4 Å². The van der Waals surface area contributed by atoms with Crippen molar-refractivity contribution in [2.45, 2.75) is 20.5 Å². The minimum atomic E-state index is -0.663. The second kappa shape index (κ2) is 8.31. The van der Waals surface area contributed by atoms with E-state index in [2.05, 4.69) is 9.97 Å². The van der Waals surface area contributed by atoms with Gasteiger partial charge in [-0.3, -0.25) is 0 Å². The number of aryl methyl sites for hydroxylation is 1. The average molecular weight is 448 g/mol. The summed E-state index contributed by atoms with van der Waals surface area (Å²) in [5, 5.41) is 0.494. The van der Waals surface area contributed by atoms with Gasteiger partial charge in [0.2, 0.25) is 5.71 Å². The smallest absolute Gasteiger partial charge is 0.342 e. The van der Waals surface area contributed by atoms with Crippen molar-refractivity contribution < 1.29 is 33.0 Å². The Morgan fingerprint density at radius 3 is 2.71 bits per heavy atom. The summed E-state index contributed by atoms with van der Waals surface area (Å²) in [5.41, 5.74) is 6.46. The highest BCUT2D eigenvalue weighted by atomic mass is 35.5. The molecule has 1 aromatic carbocycles. The van der Waals surface area contributed by atoms with Gasteiger partial charge in [-0.1, -0.05) is 11.6 Å². The Morgan fingerprint density at radius 1 is 1.16 bits per heavy atom. The molecule has 2 aromatic heterocycles. The van der Waals surface area contributed by atoms with Crippen LogP contribution in [0.1, 0.15) is 39.2 Å². The topological polar surface area (TPSA) is 136 Å². The Morgan fingerprint density at radius 2 is 1.94 bits per heavy atom. The zero-order valence-corrected chi connectivity index (χ0v) is 17.4. The van der Waals surface area contributed by atoms with Crippen LogP contribution in [0.25, 0.3) is 11.1 Å². The molecule has 1 aliphatic heterocycles. The quantitative estimate of drug-likeness (QED) is 0.581. The lowest BCUT2D eigenvalue weighted by Crippen LogP contribution is -2.16. The van der Waals surface area contributed by atoms with Crippen molar-refractivity contribution in [3.63, 3.8) is 0 Å². The largest absolute Gasteiger partial charge is 0.486 e. The maximum Gasteiger partial charge on any atom is 0.342 e. The number of nitrogens with two attached hydrogens (primary N) is 1. The third-order valence-electron chi connectivity index (χ3n) is 4.45. The minimum absolute atomic E-state index is 0.0123. The van der Waals surface area contributed by atoms with Crippen LogP contribution in [0.5, 0.6) is 11.5 Å². The van der Waals surface area contributed by atoms with Crippen LogP contribution in [-0.4, -0.2) is 41.7 Å². The fourth-order valence-corrected chi connectivity index (χ4v) is 3.40. The zero-order valence-electron chi connectivity index (χ0n) is 16.7. The Labute approximate surface area is 181 Å². The summed E-state index contributed by atoms with van der Waals surface area (Å²) in [4.78, 5) is 33.0. The lowest BCUT2D eigenvalue weighted by molar-refractivity contribution is 0.0460. The molecule has 1 aliphatic rings. The van der Waals surface area contributed by atoms with Crippen molar-refractivity contribution in [3.05, 3.63) is 39.9 Å². The highest BCUT2D eigenvalue weighted by molar-refractivity contribution is 6.32. The summed E-state index contributed by atoms with van der Waals surface area (Å²) in [7, 11) is 0. The summed E-state index contributed by atoms with van der Waals surface area (Å²) >= 11 is 6.16. The molecule has 0 amide bonds. The van der Waals surface area contributed by atoms with E-state index in [9.17, 15) is 9.59 Å². The fourth-order valence-electron chi connectivity index (χ4n) is 3.14. The summed E-state index contributed by atoms with van der Waals surface area (Å²) in [5.74, 6) is -0.0755. The van der Waals surface area contributed by atoms with Gasteiger partial charge in [-0.15, -0.1) is 0 Å². The van der Waals surface area contributed by atoms with E-state index < -0.39 is 11.9 Å². The number of benzene rings is 1. The number of aromatic nitrogens is 2. The van der Waals surface area contributed by atoms with E-state index in [0.29, 0.717) is 30.5 Å². The summed E-state index contributed by atoms with van der Waals surface area (Å²) in [6.45, 7) is 3.94. The van der Waals surface area contributed by atoms with E-state index in [1.165, 1.54) is 12.1 Å². The van der Waals surface area contributed by atoms with Gasteiger partial charge in [0.05, 0.1) is 22.6 Å². The molecule has 0 saturated heterocycles. The number of halogens is 1. The van der Waals surface area contributed by atoms with Gasteiger partial charge in [0.25, 0.3) is 0 Å². The van der Waals surface area contributed by atoms with Crippen LogP contribution in [0.2, 0.25) is 5.02 Å². The van der Waals surface area contributed by atoms with Crippen molar-refractivity contribution >= 4 is 40.5 Å². The highest BCUT2D eigenvalue weighted by Gasteiger charge is 2.24. The van der Waals surface area contributed by atoms with E-state index >= 15 is 0 Å². The molecule has 0 fully saturated rings. The Bertz CT molecular complexity index is 1190. The summed E-state index contributed by atoms with van der Waals surface area (Å²) in [6, 6.07) is 2.92. The van der Waals surface area contributed by atoms with Crippen molar-refractivity contribution in [2.24, 2.45) is 0 Å². The molecule has 11 heteroatoms. The third-order valence-corrected chi connectivity index (χ3v) is 4.73. The molecule has 0 bridgehead atoms. The molecule has 162 valence electrons. The monoisotopic (exact) mass is 447 g/mol. The molecular weight excluding hydrogens is 430 g/mol. The van der Waals surface area contributed by atoms with Gasteiger partial charge < -0.3 is 29.1 Å². The number of hydrogen-bond donors (Lipinski definition) is 1. The standard InChI is InChI=1S/C20H18ClN3O7/c1-3-27-20(26)14-9(2)31-18-15(14)17(22)23-13(24-18)8-30-19(25)10-6-11(21)16-12(7-10)28-4-5-29-16/h6-7H,3-5,8H2,1-2H3,(H2,22,23,24). The number of anilines is 1. The van der Waals surface area contributed by atoms with Crippen LogP contribution in [0.15, 0.2) is 16.5 Å². The number of carbonyl (C=O) groups is 2. The first-order valence-electron chi connectivity index (χ1n) is 9.38.